The lowest BCUT2D eigenvalue weighted by atomic mass is 9.68. The lowest BCUT2D eigenvalue weighted by Crippen LogP contribution is -2.29. The van der Waals surface area contributed by atoms with Crippen molar-refractivity contribution in [3.63, 3.8) is 0 Å². The molecule has 98 valence electrons. The Bertz CT molecular complexity index is 410. The number of hydrogen-bond acceptors (Lipinski definition) is 0. The van der Waals surface area contributed by atoms with Gasteiger partial charge in [0.15, 0.2) is 7.28 Å². The molecule has 0 radical (unpaired) electrons. The second-order valence-corrected chi connectivity index (χ2v) is 6.31. The number of unbranched alkanes of at least 4 members (excludes halogenated alkanes) is 1. The van der Waals surface area contributed by atoms with Crippen LogP contribution in [-0.4, -0.2) is 7.28 Å². The summed E-state index contributed by atoms with van der Waals surface area (Å²) < 4.78 is 0. The van der Waals surface area contributed by atoms with Crippen molar-refractivity contribution in [2.45, 2.75) is 65.1 Å². The van der Waals surface area contributed by atoms with E-state index in [0.29, 0.717) is 5.41 Å². The van der Waals surface area contributed by atoms with E-state index in [0.717, 1.165) is 13.2 Å². The molecule has 1 aliphatic carbocycles. The van der Waals surface area contributed by atoms with Gasteiger partial charge in [-0.1, -0.05) is 64.1 Å². The molecule has 0 spiro atoms. The molecule has 0 aliphatic heterocycles. The summed E-state index contributed by atoms with van der Waals surface area (Å²) in [6.07, 6.45) is 6.71. The first kappa shape index (κ1) is 13.7. The van der Waals surface area contributed by atoms with E-state index in [-0.39, 0.29) is 0 Å². The number of aryl methyl sites for hydroxylation is 1. The van der Waals surface area contributed by atoms with Crippen LogP contribution in [0.15, 0.2) is 18.2 Å². The van der Waals surface area contributed by atoms with E-state index in [1.165, 1.54) is 37.6 Å². The van der Waals surface area contributed by atoms with Gasteiger partial charge >= 0.3 is 0 Å². The van der Waals surface area contributed by atoms with Gasteiger partial charge in [-0.3, -0.25) is 0 Å². The lowest BCUT2D eigenvalue weighted by Gasteiger charge is -2.33. The number of rotatable bonds is 5. The minimum Gasteiger partial charge on any atom is -0.0849 e. The summed E-state index contributed by atoms with van der Waals surface area (Å²) >= 11 is 0. The molecule has 0 saturated carbocycles. The minimum absolute atomic E-state index is 0.426. The summed E-state index contributed by atoms with van der Waals surface area (Å²) in [4.78, 5) is 0. The molecule has 1 aromatic rings. The average Bonchev–Trinajstić information content (AvgIpc) is 2.74. The summed E-state index contributed by atoms with van der Waals surface area (Å²) in [5, 5.41) is 0. The first-order valence-corrected chi connectivity index (χ1v) is 7.74. The molecular weight excluding hydrogens is 215 g/mol. The van der Waals surface area contributed by atoms with Crippen molar-refractivity contribution in [3.8, 4) is 0 Å². The summed E-state index contributed by atoms with van der Waals surface area (Å²) in [5.41, 5.74) is 5.20. The standard InChI is InChI=1S/C17H27B/c1-5-6-7-13(2)17(3)11-10-14-8-9-15(18-4)12-16(14)17/h8-9,12-13,18H,5-7,10-11H2,1-4H3. The molecule has 0 fully saturated rings. The maximum atomic E-state index is 2.50. The van der Waals surface area contributed by atoms with Gasteiger partial charge in [-0.25, -0.2) is 0 Å². The normalized spacial score (nSPS) is 23.8. The molecule has 2 rings (SSSR count). The van der Waals surface area contributed by atoms with Crippen molar-refractivity contribution < 1.29 is 0 Å². The van der Waals surface area contributed by atoms with Gasteiger partial charge in [0.05, 0.1) is 0 Å². The van der Waals surface area contributed by atoms with E-state index in [4.69, 9.17) is 0 Å². The van der Waals surface area contributed by atoms with E-state index in [1.54, 1.807) is 11.1 Å². The Balaban J connectivity index is 2.27. The van der Waals surface area contributed by atoms with Crippen LogP contribution in [0.2, 0.25) is 6.82 Å². The number of fused-ring (bicyclic) bond motifs is 1. The highest BCUT2D eigenvalue weighted by Crippen LogP contribution is 2.45. The molecule has 0 aromatic heterocycles. The monoisotopic (exact) mass is 242 g/mol. The van der Waals surface area contributed by atoms with Crippen LogP contribution in [0.1, 0.15) is 57.6 Å². The molecule has 18 heavy (non-hydrogen) atoms. The van der Waals surface area contributed by atoms with Gasteiger partial charge in [0.2, 0.25) is 0 Å². The van der Waals surface area contributed by atoms with Crippen LogP contribution in [0.25, 0.3) is 0 Å². The Hall–Kier alpha value is -0.715. The van der Waals surface area contributed by atoms with Crippen molar-refractivity contribution in [2.75, 3.05) is 0 Å². The molecule has 0 N–H and O–H groups in total. The third-order valence-corrected chi connectivity index (χ3v) is 5.19. The Morgan fingerprint density at radius 1 is 1.39 bits per heavy atom. The van der Waals surface area contributed by atoms with Crippen LogP contribution >= 0.6 is 0 Å². The second-order valence-electron chi connectivity index (χ2n) is 6.31. The maximum absolute atomic E-state index is 2.50. The predicted octanol–water partition coefficient (Wildman–Crippen LogP) is 3.83. The molecule has 0 bridgehead atoms. The summed E-state index contributed by atoms with van der Waals surface area (Å²) in [6.45, 7) is 9.52. The third-order valence-electron chi connectivity index (χ3n) is 5.19. The van der Waals surface area contributed by atoms with Crippen LogP contribution in [0.4, 0.5) is 0 Å². The third kappa shape index (κ3) is 2.37. The molecule has 0 nitrogen and oxygen atoms in total. The number of benzene rings is 1. The SMILES string of the molecule is CBc1ccc2c(c1)C(C)(C(C)CCCC)CC2. The van der Waals surface area contributed by atoms with Crippen molar-refractivity contribution >= 4 is 12.7 Å². The van der Waals surface area contributed by atoms with Crippen molar-refractivity contribution in [1.82, 2.24) is 0 Å². The van der Waals surface area contributed by atoms with E-state index in [9.17, 15) is 0 Å². The zero-order chi connectivity index (χ0) is 13.2. The molecule has 2 atom stereocenters. The maximum Gasteiger partial charge on any atom is 0.154 e. The largest absolute Gasteiger partial charge is 0.154 e. The zero-order valence-corrected chi connectivity index (χ0v) is 12.6. The Labute approximate surface area is 113 Å². The fourth-order valence-corrected chi connectivity index (χ4v) is 3.46. The molecular formula is C17H27B. The van der Waals surface area contributed by atoms with E-state index in [2.05, 4.69) is 45.8 Å². The van der Waals surface area contributed by atoms with Gasteiger partial charge in [0, 0.05) is 0 Å². The highest BCUT2D eigenvalue weighted by molar-refractivity contribution is 6.51. The van der Waals surface area contributed by atoms with Crippen LogP contribution in [0, 0.1) is 5.92 Å². The first-order valence-electron chi connectivity index (χ1n) is 7.74. The van der Waals surface area contributed by atoms with Crippen LogP contribution in [0.3, 0.4) is 0 Å². The molecule has 0 saturated heterocycles. The van der Waals surface area contributed by atoms with E-state index < -0.39 is 0 Å². The predicted molar refractivity (Wildman–Crippen MR) is 83.5 cm³/mol. The molecule has 0 heterocycles. The average molecular weight is 242 g/mol. The Kier molecular flexibility index (Phi) is 4.19. The Morgan fingerprint density at radius 3 is 2.83 bits per heavy atom. The fraction of sp³-hybridized carbons (Fsp3) is 0.647. The molecule has 1 heteroatoms. The highest BCUT2D eigenvalue weighted by Gasteiger charge is 2.38. The van der Waals surface area contributed by atoms with Gasteiger partial charge < -0.3 is 0 Å². The first-order chi connectivity index (χ1) is 8.61. The second kappa shape index (κ2) is 5.51. The molecule has 0 amide bonds. The lowest BCUT2D eigenvalue weighted by molar-refractivity contribution is 0.289. The smallest absolute Gasteiger partial charge is 0.0849 e. The van der Waals surface area contributed by atoms with Crippen molar-refractivity contribution in [2.24, 2.45) is 5.92 Å². The quantitative estimate of drug-likeness (QED) is 0.688. The summed E-state index contributed by atoms with van der Waals surface area (Å²) in [6, 6.07) is 7.19. The molecule has 1 aromatic carbocycles. The van der Waals surface area contributed by atoms with Crippen LogP contribution in [-0.2, 0) is 11.8 Å². The van der Waals surface area contributed by atoms with Gasteiger partial charge in [0.1, 0.15) is 0 Å². The van der Waals surface area contributed by atoms with Crippen molar-refractivity contribution in [3.05, 3.63) is 29.3 Å². The summed E-state index contributed by atoms with van der Waals surface area (Å²) in [7, 11) is 1.16. The van der Waals surface area contributed by atoms with Gasteiger partial charge in [-0.05, 0) is 41.7 Å². The minimum atomic E-state index is 0.426. The van der Waals surface area contributed by atoms with Crippen LogP contribution < -0.4 is 5.46 Å². The summed E-state index contributed by atoms with van der Waals surface area (Å²) in [5.74, 6) is 0.811. The molecule has 1 aliphatic rings. The molecule has 2 unspecified atom stereocenters. The zero-order valence-electron chi connectivity index (χ0n) is 12.6. The van der Waals surface area contributed by atoms with E-state index in [1.807, 2.05) is 0 Å². The highest BCUT2D eigenvalue weighted by atomic mass is 14.4. The Morgan fingerprint density at radius 2 is 2.17 bits per heavy atom. The van der Waals surface area contributed by atoms with Gasteiger partial charge in [-0.15, -0.1) is 0 Å². The van der Waals surface area contributed by atoms with E-state index >= 15 is 0 Å². The van der Waals surface area contributed by atoms with Gasteiger partial charge in [-0.2, -0.15) is 0 Å². The van der Waals surface area contributed by atoms with Crippen LogP contribution in [0.5, 0.6) is 0 Å². The van der Waals surface area contributed by atoms with Crippen molar-refractivity contribution in [1.29, 1.82) is 0 Å². The van der Waals surface area contributed by atoms with Gasteiger partial charge in [0.25, 0.3) is 0 Å². The topological polar surface area (TPSA) is 0 Å². The number of hydrogen-bond donors (Lipinski definition) is 0. The fourth-order valence-electron chi connectivity index (χ4n) is 3.46.